The third kappa shape index (κ3) is 9.13. The van der Waals surface area contributed by atoms with Crippen molar-refractivity contribution in [3.05, 3.63) is 0 Å². The molecule has 0 amide bonds. The van der Waals surface area contributed by atoms with Gasteiger partial charge in [-0.3, -0.25) is 0 Å². The highest BCUT2D eigenvalue weighted by Gasteiger charge is 2.33. The van der Waals surface area contributed by atoms with Crippen LogP contribution in [0.1, 0.15) is 124 Å². The third-order valence-electron chi connectivity index (χ3n) is 6.06. The first-order valence-corrected chi connectivity index (χ1v) is 11.0. The monoisotopic (exact) mass is 323 g/mol. The first-order chi connectivity index (χ1) is 11.3. The van der Waals surface area contributed by atoms with Crippen molar-refractivity contribution in [1.82, 2.24) is 5.32 Å². The van der Waals surface area contributed by atoms with E-state index >= 15 is 0 Å². The van der Waals surface area contributed by atoms with Gasteiger partial charge in [-0.2, -0.15) is 0 Å². The molecule has 0 aromatic carbocycles. The van der Waals surface area contributed by atoms with Gasteiger partial charge in [-0.05, 0) is 38.1 Å². The number of nitrogens with one attached hydrogen (secondary N) is 1. The molecule has 1 N–H and O–H groups in total. The van der Waals surface area contributed by atoms with Gasteiger partial charge in [-0.15, -0.1) is 0 Å². The molecule has 1 aliphatic rings. The summed E-state index contributed by atoms with van der Waals surface area (Å²) in [7, 11) is 0. The summed E-state index contributed by atoms with van der Waals surface area (Å²) in [5, 5.41) is 4.07. The minimum atomic E-state index is 0.496. The van der Waals surface area contributed by atoms with Gasteiger partial charge in [0, 0.05) is 5.54 Å². The molecule has 1 saturated carbocycles. The molecule has 0 saturated heterocycles. The van der Waals surface area contributed by atoms with E-state index in [4.69, 9.17) is 0 Å². The lowest BCUT2D eigenvalue weighted by Gasteiger charge is -2.41. The normalized spacial score (nSPS) is 18.9. The van der Waals surface area contributed by atoms with E-state index in [9.17, 15) is 0 Å². The van der Waals surface area contributed by atoms with Gasteiger partial charge < -0.3 is 5.32 Å². The maximum atomic E-state index is 4.07. The Kier molecular flexibility index (Phi) is 12.1. The fourth-order valence-corrected chi connectivity index (χ4v) is 4.44. The standard InChI is InChI=1S/C22H45N/c1-4-7-9-10-11-15-19-23-22(17-13-12-14-18-22)20-21(6-3)16-8-5-2/h21,23H,4-20H2,1-3H3. The van der Waals surface area contributed by atoms with Crippen LogP contribution >= 0.6 is 0 Å². The lowest BCUT2D eigenvalue weighted by atomic mass is 9.74. The fraction of sp³-hybridized carbons (Fsp3) is 1.00. The van der Waals surface area contributed by atoms with E-state index in [1.165, 1.54) is 109 Å². The van der Waals surface area contributed by atoms with E-state index in [-0.39, 0.29) is 0 Å². The Morgan fingerprint density at radius 1 is 0.783 bits per heavy atom. The smallest absolute Gasteiger partial charge is 0.0184 e. The summed E-state index contributed by atoms with van der Waals surface area (Å²) in [5.74, 6) is 0.949. The van der Waals surface area contributed by atoms with Crippen LogP contribution in [0.15, 0.2) is 0 Å². The van der Waals surface area contributed by atoms with Gasteiger partial charge in [-0.25, -0.2) is 0 Å². The SMILES string of the molecule is CCCCCCCCNC1(CC(CC)CCCC)CCCCC1. The molecule has 0 heterocycles. The Bertz CT molecular complexity index is 255. The molecule has 0 aliphatic heterocycles. The average Bonchev–Trinajstić information content (AvgIpc) is 2.59. The summed E-state index contributed by atoms with van der Waals surface area (Å²) in [4.78, 5) is 0. The highest BCUT2D eigenvalue weighted by Crippen LogP contribution is 2.36. The van der Waals surface area contributed by atoms with Crippen LogP contribution in [0.3, 0.4) is 0 Å². The van der Waals surface area contributed by atoms with Crippen LogP contribution in [0.5, 0.6) is 0 Å². The van der Waals surface area contributed by atoms with Crippen molar-refractivity contribution in [1.29, 1.82) is 0 Å². The quantitative estimate of drug-likeness (QED) is 0.332. The van der Waals surface area contributed by atoms with Crippen LogP contribution < -0.4 is 5.32 Å². The zero-order chi connectivity index (χ0) is 16.8. The number of hydrogen-bond acceptors (Lipinski definition) is 1. The molecular formula is C22H45N. The summed E-state index contributed by atoms with van der Waals surface area (Å²) < 4.78 is 0. The Morgan fingerprint density at radius 2 is 1.43 bits per heavy atom. The van der Waals surface area contributed by atoms with Gasteiger partial charge in [0.25, 0.3) is 0 Å². The Balaban J connectivity index is 2.34. The van der Waals surface area contributed by atoms with E-state index in [0.717, 1.165) is 5.92 Å². The molecule has 1 fully saturated rings. The van der Waals surface area contributed by atoms with Gasteiger partial charge in [0.2, 0.25) is 0 Å². The predicted octanol–water partition coefficient (Wildman–Crippen LogP) is 7.25. The van der Waals surface area contributed by atoms with Crippen LogP contribution in [0, 0.1) is 5.92 Å². The molecule has 0 spiro atoms. The van der Waals surface area contributed by atoms with Gasteiger partial charge in [0.1, 0.15) is 0 Å². The summed E-state index contributed by atoms with van der Waals surface area (Å²) >= 11 is 0. The highest BCUT2D eigenvalue weighted by atomic mass is 15.0. The van der Waals surface area contributed by atoms with Crippen LogP contribution in [0.25, 0.3) is 0 Å². The largest absolute Gasteiger partial charge is 0.311 e. The maximum absolute atomic E-state index is 4.07. The summed E-state index contributed by atoms with van der Waals surface area (Å²) in [6.07, 6.45) is 22.8. The Hall–Kier alpha value is -0.0400. The summed E-state index contributed by atoms with van der Waals surface area (Å²) in [6, 6.07) is 0. The second kappa shape index (κ2) is 13.3. The third-order valence-corrected chi connectivity index (χ3v) is 6.06. The molecule has 1 atom stereocenters. The van der Waals surface area contributed by atoms with E-state index < -0.39 is 0 Å². The molecule has 0 aromatic heterocycles. The molecule has 23 heavy (non-hydrogen) atoms. The number of hydrogen-bond donors (Lipinski definition) is 1. The second-order valence-electron chi connectivity index (χ2n) is 8.16. The highest BCUT2D eigenvalue weighted by molar-refractivity contribution is 4.92. The van der Waals surface area contributed by atoms with Crippen LogP contribution in [-0.2, 0) is 0 Å². The average molecular weight is 324 g/mol. The minimum absolute atomic E-state index is 0.496. The summed E-state index contributed by atoms with van der Waals surface area (Å²) in [6.45, 7) is 8.30. The van der Waals surface area contributed by atoms with Crippen molar-refractivity contribution in [3.63, 3.8) is 0 Å². The van der Waals surface area contributed by atoms with E-state index in [1.54, 1.807) is 0 Å². The van der Waals surface area contributed by atoms with Gasteiger partial charge >= 0.3 is 0 Å². The van der Waals surface area contributed by atoms with Gasteiger partial charge in [0.05, 0.1) is 0 Å². The topological polar surface area (TPSA) is 12.0 Å². The first-order valence-electron chi connectivity index (χ1n) is 11.0. The van der Waals surface area contributed by atoms with Crippen molar-refractivity contribution in [2.24, 2.45) is 5.92 Å². The molecule has 1 heteroatoms. The predicted molar refractivity (Wildman–Crippen MR) is 105 cm³/mol. The molecule has 0 bridgehead atoms. The van der Waals surface area contributed by atoms with Gasteiger partial charge in [-0.1, -0.05) is 97.8 Å². The van der Waals surface area contributed by atoms with E-state index in [0.29, 0.717) is 5.54 Å². The van der Waals surface area contributed by atoms with Crippen molar-refractivity contribution >= 4 is 0 Å². The lowest BCUT2D eigenvalue weighted by Crippen LogP contribution is -2.48. The lowest BCUT2D eigenvalue weighted by molar-refractivity contribution is 0.175. The van der Waals surface area contributed by atoms with Crippen LogP contribution in [0.2, 0.25) is 0 Å². The number of rotatable bonds is 14. The van der Waals surface area contributed by atoms with Crippen molar-refractivity contribution in [2.75, 3.05) is 6.54 Å². The van der Waals surface area contributed by atoms with E-state index in [2.05, 4.69) is 26.1 Å². The van der Waals surface area contributed by atoms with Crippen LogP contribution in [-0.4, -0.2) is 12.1 Å². The van der Waals surface area contributed by atoms with Crippen molar-refractivity contribution in [3.8, 4) is 0 Å². The molecule has 1 rings (SSSR count). The zero-order valence-corrected chi connectivity index (χ0v) is 16.6. The van der Waals surface area contributed by atoms with Crippen LogP contribution in [0.4, 0.5) is 0 Å². The Labute approximate surface area is 147 Å². The summed E-state index contributed by atoms with van der Waals surface area (Å²) in [5.41, 5.74) is 0.496. The van der Waals surface area contributed by atoms with Crippen molar-refractivity contribution in [2.45, 2.75) is 129 Å². The molecule has 1 aliphatic carbocycles. The maximum Gasteiger partial charge on any atom is 0.0184 e. The van der Waals surface area contributed by atoms with Crippen molar-refractivity contribution < 1.29 is 0 Å². The van der Waals surface area contributed by atoms with E-state index in [1.807, 2.05) is 0 Å². The minimum Gasteiger partial charge on any atom is -0.311 e. The Morgan fingerprint density at radius 3 is 2.09 bits per heavy atom. The number of unbranched alkanes of at least 4 members (excludes halogenated alkanes) is 6. The molecule has 138 valence electrons. The molecule has 0 radical (unpaired) electrons. The molecule has 0 aromatic rings. The first kappa shape index (κ1) is 21.0. The molecular weight excluding hydrogens is 278 g/mol. The zero-order valence-electron chi connectivity index (χ0n) is 16.6. The molecule has 1 unspecified atom stereocenters. The fourth-order valence-electron chi connectivity index (χ4n) is 4.44. The second-order valence-corrected chi connectivity index (χ2v) is 8.16. The van der Waals surface area contributed by atoms with Gasteiger partial charge in [0.15, 0.2) is 0 Å². The molecule has 1 nitrogen and oxygen atoms in total.